The number of nitrogens with zero attached hydrogens (tertiary/aromatic N) is 4. The van der Waals surface area contributed by atoms with Crippen molar-refractivity contribution in [2.45, 2.75) is 20.4 Å². The molecule has 0 saturated heterocycles. The predicted octanol–water partition coefficient (Wildman–Crippen LogP) is 3.22. The standard InChI is InChI=1S/C17H16N6OS/c1-11-15(12(2)24-22-11)10-23-9-14(8-19-23)20-17(25)21-16-6-4-3-5-13(16)7-18/h3-6,8-9H,10H2,1-2H3,(H2,20,21,25). The largest absolute Gasteiger partial charge is 0.361 e. The Morgan fingerprint density at radius 1 is 1.32 bits per heavy atom. The number of hydrogen-bond acceptors (Lipinski definition) is 5. The molecule has 1 aromatic carbocycles. The van der Waals surface area contributed by atoms with Gasteiger partial charge in [0, 0.05) is 11.8 Å². The van der Waals surface area contributed by atoms with E-state index in [0.29, 0.717) is 22.9 Å². The van der Waals surface area contributed by atoms with Gasteiger partial charge in [-0.25, -0.2) is 0 Å². The van der Waals surface area contributed by atoms with Gasteiger partial charge in [0.1, 0.15) is 11.8 Å². The third kappa shape index (κ3) is 3.84. The Hall–Kier alpha value is -3.18. The molecule has 2 aromatic heterocycles. The molecule has 0 bridgehead atoms. The van der Waals surface area contributed by atoms with Crippen molar-refractivity contribution in [2.24, 2.45) is 0 Å². The Morgan fingerprint density at radius 3 is 2.84 bits per heavy atom. The second kappa shape index (κ2) is 7.15. The van der Waals surface area contributed by atoms with Crippen molar-refractivity contribution < 1.29 is 4.52 Å². The molecule has 126 valence electrons. The van der Waals surface area contributed by atoms with Crippen molar-refractivity contribution in [3.8, 4) is 6.07 Å². The molecule has 3 aromatic rings. The highest BCUT2D eigenvalue weighted by Crippen LogP contribution is 2.16. The number of rotatable bonds is 4. The van der Waals surface area contributed by atoms with Crippen LogP contribution in [0.15, 0.2) is 41.2 Å². The first kappa shape index (κ1) is 16.7. The maximum Gasteiger partial charge on any atom is 0.175 e. The molecular weight excluding hydrogens is 336 g/mol. The summed E-state index contributed by atoms with van der Waals surface area (Å²) in [6.45, 7) is 4.35. The number of aryl methyl sites for hydroxylation is 2. The molecule has 0 aliphatic heterocycles. The first-order valence-corrected chi connectivity index (χ1v) is 7.99. The molecule has 0 spiro atoms. The molecule has 0 saturated carbocycles. The summed E-state index contributed by atoms with van der Waals surface area (Å²) < 4.78 is 6.94. The number of thiocarbonyl (C=S) groups is 1. The number of nitriles is 1. The van der Waals surface area contributed by atoms with E-state index in [1.807, 2.05) is 26.1 Å². The summed E-state index contributed by atoms with van der Waals surface area (Å²) in [6, 6.07) is 9.30. The highest BCUT2D eigenvalue weighted by atomic mass is 32.1. The summed E-state index contributed by atoms with van der Waals surface area (Å²) in [5.74, 6) is 0.785. The van der Waals surface area contributed by atoms with Gasteiger partial charge in [0.25, 0.3) is 0 Å². The first-order valence-electron chi connectivity index (χ1n) is 7.58. The van der Waals surface area contributed by atoms with Gasteiger partial charge in [0.05, 0.1) is 35.4 Å². The average molecular weight is 352 g/mol. The number of anilines is 2. The van der Waals surface area contributed by atoms with Gasteiger partial charge >= 0.3 is 0 Å². The van der Waals surface area contributed by atoms with Crippen LogP contribution in [0.2, 0.25) is 0 Å². The summed E-state index contributed by atoms with van der Waals surface area (Å²) in [5, 5.41) is 23.8. The molecule has 0 radical (unpaired) electrons. The Morgan fingerprint density at radius 2 is 2.12 bits per heavy atom. The lowest BCUT2D eigenvalue weighted by atomic mass is 10.2. The molecule has 7 nitrogen and oxygen atoms in total. The highest BCUT2D eigenvalue weighted by Gasteiger charge is 2.11. The molecule has 0 unspecified atom stereocenters. The molecule has 3 rings (SSSR count). The van der Waals surface area contributed by atoms with E-state index in [1.165, 1.54) is 0 Å². The van der Waals surface area contributed by atoms with Gasteiger partial charge in [-0.15, -0.1) is 0 Å². The Kier molecular flexibility index (Phi) is 4.77. The number of aromatic nitrogens is 3. The minimum absolute atomic E-state index is 0.389. The number of hydrogen-bond donors (Lipinski definition) is 2. The smallest absolute Gasteiger partial charge is 0.175 e. The van der Waals surface area contributed by atoms with E-state index in [-0.39, 0.29) is 0 Å². The van der Waals surface area contributed by atoms with Crippen LogP contribution in [0.25, 0.3) is 0 Å². The van der Waals surface area contributed by atoms with E-state index >= 15 is 0 Å². The van der Waals surface area contributed by atoms with Crippen LogP contribution in [0.1, 0.15) is 22.6 Å². The van der Waals surface area contributed by atoms with Crippen molar-refractivity contribution in [2.75, 3.05) is 10.6 Å². The molecule has 0 aliphatic carbocycles. The minimum Gasteiger partial charge on any atom is -0.361 e. The summed E-state index contributed by atoms with van der Waals surface area (Å²) in [6.07, 6.45) is 3.53. The van der Waals surface area contributed by atoms with Crippen LogP contribution in [0.5, 0.6) is 0 Å². The molecule has 0 fully saturated rings. The molecular formula is C17H16N6OS. The molecule has 0 aliphatic rings. The average Bonchev–Trinajstić information content (AvgIpc) is 3.16. The SMILES string of the molecule is Cc1noc(C)c1Cn1cc(NC(=S)Nc2ccccc2C#N)cn1. The lowest BCUT2D eigenvalue weighted by Gasteiger charge is -2.09. The van der Waals surface area contributed by atoms with Crippen LogP contribution in [0, 0.1) is 25.2 Å². The van der Waals surface area contributed by atoms with Crippen LogP contribution in [0.3, 0.4) is 0 Å². The number of nitrogens with one attached hydrogen (secondary N) is 2. The first-order chi connectivity index (χ1) is 12.1. The number of para-hydroxylation sites is 1. The molecule has 8 heteroatoms. The van der Waals surface area contributed by atoms with Crippen LogP contribution < -0.4 is 10.6 Å². The Balaban J connectivity index is 1.65. The zero-order valence-corrected chi connectivity index (χ0v) is 14.6. The van der Waals surface area contributed by atoms with Gasteiger partial charge in [-0.3, -0.25) is 4.68 Å². The Bertz CT molecular complexity index is 933. The van der Waals surface area contributed by atoms with E-state index in [4.69, 9.17) is 22.0 Å². The summed E-state index contributed by atoms with van der Waals surface area (Å²) in [4.78, 5) is 0. The van der Waals surface area contributed by atoms with Gasteiger partial charge in [-0.2, -0.15) is 10.4 Å². The lowest BCUT2D eigenvalue weighted by Crippen LogP contribution is -2.19. The van der Waals surface area contributed by atoms with Gasteiger partial charge in [-0.1, -0.05) is 17.3 Å². The molecule has 2 N–H and O–H groups in total. The fraction of sp³-hybridized carbons (Fsp3) is 0.176. The zero-order valence-electron chi connectivity index (χ0n) is 13.8. The lowest BCUT2D eigenvalue weighted by molar-refractivity contribution is 0.391. The summed E-state index contributed by atoms with van der Waals surface area (Å²) in [7, 11) is 0. The topological polar surface area (TPSA) is 91.7 Å². The van der Waals surface area contributed by atoms with Crippen molar-refractivity contribution in [1.29, 1.82) is 5.26 Å². The van der Waals surface area contributed by atoms with Crippen molar-refractivity contribution in [3.05, 3.63) is 59.2 Å². The normalized spacial score (nSPS) is 10.3. The van der Waals surface area contributed by atoms with Crippen molar-refractivity contribution in [1.82, 2.24) is 14.9 Å². The maximum atomic E-state index is 9.11. The van der Waals surface area contributed by atoms with Crippen LogP contribution in [0.4, 0.5) is 11.4 Å². The van der Waals surface area contributed by atoms with Gasteiger partial charge in [0.15, 0.2) is 5.11 Å². The molecule has 25 heavy (non-hydrogen) atoms. The second-order valence-corrected chi connectivity index (χ2v) is 5.87. The van der Waals surface area contributed by atoms with Crippen molar-refractivity contribution >= 4 is 28.7 Å². The van der Waals surface area contributed by atoms with E-state index in [1.54, 1.807) is 29.1 Å². The fourth-order valence-corrected chi connectivity index (χ4v) is 2.61. The van der Waals surface area contributed by atoms with Crippen LogP contribution in [-0.2, 0) is 6.54 Å². The second-order valence-electron chi connectivity index (χ2n) is 5.47. The van der Waals surface area contributed by atoms with Crippen LogP contribution in [-0.4, -0.2) is 20.0 Å². The van der Waals surface area contributed by atoms with Gasteiger partial charge in [0.2, 0.25) is 0 Å². The molecule has 0 amide bonds. The van der Waals surface area contributed by atoms with E-state index in [2.05, 4.69) is 27.0 Å². The minimum atomic E-state index is 0.389. The Labute approximate surface area is 150 Å². The highest BCUT2D eigenvalue weighted by molar-refractivity contribution is 7.80. The summed E-state index contributed by atoms with van der Waals surface area (Å²) >= 11 is 5.30. The molecule has 0 atom stereocenters. The van der Waals surface area contributed by atoms with Crippen molar-refractivity contribution in [3.63, 3.8) is 0 Å². The quantitative estimate of drug-likeness (QED) is 0.697. The fourth-order valence-electron chi connectivity index (χ4n) is 2.38. The third-order valence-electron chi connectivity index (χ3n) is 3.69. The van der Waals surface area contributed by atoms with Gasteiger partial charge in [-0.05, 0) is 38.2 Å². The van der Waals surface area contributed by atoms with E-state index in [9.17, 15) is 0 Å². The zero-order chi connectivity index (χ0) is 17.8. The summed E-state index contributed by atoms with van der Waals surface area (Å²) in [5.41, 5.74) is 3.80. The third-order valence-corrected chi connectivity index (χ3v) is 3.89. The monoisotopic (exact) mass is 352 g/mol. The van der Waals surface area contributed by atoms with Crippen LogP contribution >= 0.6 is 12.2 Å². The van der Waals surface area contributed by atoms with E-state index < -0.39 is 0 Å². The maximum absolute atomic E-state index is 9.11. The van der Waals surface area contributed by atoms with E-state index in [0.717, 1.165) is 22.7 Å². The number of benzene rings is 1. The molecule has 2 heterocycles. The predicted molar refractivity (Wildman–Crippen MR) is 98.3 cm³/mol. The van der Waals surface area contributed by atoms with Gasteiger partial charge < -0.3 is 15.2 Å².